The Hall–Kier alpha value is -3.57. The van der Waals surface area contributed by atoms with E-state index in [9.17, 15) is 14.4 Å². The van der Waals surface area contributed by atoms with Crippen molar-refractivity contribution in [3.8, 4) is 5.75 Å². The van der Waals surface area contributed by atoms with Crippen molar-refractivity contribution in [3.05, 3.63) is 59.9 Å². The van der Waals surface area contributed by atoms with Gasteiger partial charge in [0.15, 0.2) is 6.04 Å². The van der Waals surface area contributed by atoms with E-state index < -0.39 is 31.7 Å². The number of hydrogen-bond donors (Lipinski definition) is 5. The molecule has 0 spiro atoms. The first-order chi connectivity index (χ1) is 16.1. The van der Waals surface area contributed by atoms with Crippen LogP contribution in [-0.4, -0.2) is 63.0 Å². The van der Waals surface area contributed by atoms with Gasteiger partial charge in [-0.2, -0.15) is 4.99 Å². The van der Waals surface area contributed by atoms with Crippen molar-refractivity contribution < 1.29 is 39.4 Å². The fourth-order valence-corrected chi connectivity index (χ4v) is 2.45. The summed E-state index contributed by atoms with van der Waals surface area (Å²) in [6.45, 7) is 4.25. The highest BCUT2D eigenvalue weighted by Gasteiger charge is 2.16. The van der Waals surface area contributed by atoms with Crippen LogP contribution in [0.15, 0.2) is 53.7 Å². The van der Waals surface area contributed by atoms with Gasteiger partial charge in [-0.1, -0.05) is 32.0 Å². The summed E-state index contributed by atoms with van der Waals surface area (Å²) in [5.41, 5.74) is 6.78. The molecule has 6 N–H and O–H groups in total. The maximum absolute atomic E-state index is 10.9. The predicted molar refractivity (Wildman–Crippen MR) is 125 cm³/mol. The van der Waals surface area contributed by atoms with Gasteiger partial charge < -0.3 is 30.7 Å². The minimum Gasteiger partial charge on any atom is -0.487 e. The van der Waals surface area contributed by atoms with Gasteiger partial charge in [-0.3, -0.25) is 9.78 Å². The topological polar surface area (TPSA) is 193 Å². The van der Waals surface area contributed by atoms with E-state index in [1.165, 1.54) is 6.08 Å². The van der Waals surface area contributed by atoms with Crippen LogP contribution in [-0.2, 0) is 27.4 Å². The number of carbonyl (C=O) groups excluding carboxylic acids is 1. The van der Waals surface area contributed by atoms with Crippen LogP contribution < -0.4 is 10.5 Å². The summed E-state index contributed by atoms with van der Waals surface area (Å²) < 4.78 is 5.58. The lowest BCUT2D eigenvalue weighted by Crippen LogP contribution is -2.31. The van der Waals surface area contributed by atoms with E-state index in [1.807, 2.05) is 32.0 Å². The second-order valence-electron chi connectivity index (χ2n) is 7.25. The highest BCUT2D eigenvalue weighted by molar-refractivity contribution is 6.13. The van der Waals surface area contributed by atoms with Gasteiger partial charge >= 0.3 is 19.6 Å². The molecular formula is C22H30BN3O8. The van der Waals surface area contributed by atoms with Gasteiger partial charge in [0.05, 0.1) is 5.69 Å². The molecule has 12 heteroatoms. The number of isocyanates is 1. The van der Waals surface area contributed by atoms with Gasteiger partial charge in [-0.05, 0) is 42.2 Å². The van der Waals surface area contributed by atoms with Crippen LogP contribution in [0.1, 0.15) is 31.5 Å². The number of nitrogens with zero attached hydrogens (tertiary/aromatic N) is 2. The lowest BCUT2D eigenvalue weighted by atomic mass is 10.1. The second-order valence-corrected chi connectivity index (χ2v) is 7.25. The smallest absolute Gasteiger partial charge is 0.432 e. The minimum atomic E-state index is -1.15. The zero-order valence-electron chi connectivity index (χ0n) is 19.1. The molecule has 1 heterocycles. The van der Waals surface area contributed by atoms with Crippen molar-refractivity contribution in [3.63, 3.8) is 0 Å². The Bertz CT molecular complexity index is 889. The normalized spacial score (nSPS) is 11.4. The number of ether oxygens (including phenoxy) is 1. The maximum Gasteiger partial charge on any atom is 0.432 e. The molecule has 2 rings (SSSR count). The summed E-state index contributed by atoms with van der Waals surface area (Å²) in [6, 6.07) is 10.7. The molecule has 184 valence electrons. The lowest BCUT2D eigenvalue weighted by Gasteiger charge is -2.08. The number of hydrogen-bond acceptors (Lipinski definition) is 9. The van der Waals surface area contributed by atoms with Crippen molar-refractivity contribution in [2.24, 2.45) is 16.6 Å². The third kappa shape index (κ3) is 14.5. The van der Waals surface area contributed by atoms with E-state index in [-0.39, 0.29) is 6.42 Å². The molecule has 2 aromatic rings. The minimum absolute atomic E-state index is 0.130. The molecule has 0 bridgehead atoms. The monoisotopic (exact) mass is 475 g/mol. The number of nitrogens with two attached hydrogens (primary N) is 1. The van der Waals surface area contributed by atoms with Crippen molar-refractivity contribution in [1.29, 1.82) is 0 Å². The summed E-state index contributed by atoms with van der Waals surface area (Å²) in [5.74, 6) is -1.06. The van der Waals surface area contributed by atoms with Crippen molar-refractivity contribution >= 4 is 25.7 Å². The third-order valence-corrected chi connectivity index (χ3v) is 4.00. The Morgan fingerprint density at radius 2 is 1.74 bits per heavy atom. The predicted octanol–water partition coefficient (Wildman–Crippen LogP) is 0.674. The van der Waals surface area contributed by atoms with Crippen LogP contribution in [0.2, 0.25) is 0 Å². The fourth-order valence-electron chi connectivity index (χ4n) is 2.45. The molecule has 0 aliphatic carbocycles. The summed E-state index contributed by atoms with van der Waals surface area (Å²) in [7, 11) is -0.750. The van der Waals surface area contributed by atoms with Crippen LogP contribution in [0.25, 0.3) is 0 Å². The number of aliphatic carboxylic acids is 2. The van der Waals surface area contributed by atoms with E-state index >= 15 is 0 Å². The maximum atomic E-state index is 10.9. The molecule has 0 aliphatic rings. The van der Waals surface area contributed by atoms with Crippen LogP contribution in [0.3, 0.4) is 0 Å². The summed E-state index contributed by atoms with van der Waals surface area (Å²) >= 11 is 0. The van der Waals surface area contributed by atoms with Gasteiger partial charge in [-0.15, -0.1) is 0 Å². The van der Waals surface area contributed by atoms with Crippen LogP contribution in [0, 0.1) is 5.92 Å². The molecule has 34 heavy (non-hydrogen) atoms. The molecular weight excluding hydrogens is 445 g/mol. The van der Waals surface area contributed by atoms with E-state index in [0.717, 1.165) is 11.3 Å². The Kier molecular flexibility index (Phi) is 16.0. The highest BCUT2D eigenvalue weighted by Crippen LogP contribution is 2.15. The summed E-state index contributed by atoms with van der Waals surface area (Å²) in [6.07, 6.45) is 3.66. The van der Waals surface area contributed by atoms with Crippen LogP contribution in [0.5, 0.6) is 5.75 Å². The number of carboxylic acids is 2. The Morgan fingerprint density at radius 1 is 1.12 bits per heavy atom. The molecule has 0 saturated heterocycles. The van der Waals surface area contributed by atoms with E-state index in [4.69, 9.17) is 30.7 Å². The zero-order chi connectivity index (χ0) is 25.9. The molecule has 0 saturated carbocycles. The number of carboxylic acid groups (broad SMARTS) is 2. The summed E-state index contributed by atoms with van der Waals surface area (Å²) in [4.78, 5) is 38.7. The molecule has 1 aromatic carbocycles. The van der Waals surface area contributed by atoms with E-state index in [2.05, 4.69) is 9.98 Å². The second kappa shape index (κ2) is 17.9. The first-order valence-electron chi connectivity index (χ1n) is 10.3. The molecule has 2 unspecified atom stereocenters. The van der Waals surface area contributed by atoms with Crippen molar-refractivity contribution in [2.45, 2.75) is 45.4 Å². The highest BCUT2D eigenvalue weighted by atomic mass is 16.5. The lowest BCUT2D eigenvalue weighted by molar-refractivity contribution is -0.139. The third-order valence-electron chi connectivity index (χ3n) is 4.00. The SMILES string of the molecule is CC(C)CC(N)C(=O)O.O=C=NC(Cc1ccc(OCc2ccccn2)cc1)C(=O)O.OBO. The number of carbonyl (C=O) groups is 2. The average Bonchev–Trinajstić information content (AvgIpc) is 2.79. The fraction of sp³-hybridized carbons (Fsp3) is 0.364. The summed E-state index contributed by atoms with van der Waals surface area (Å²) in [5, 5.41) is 31.5. The van der Waals surface area contributed by atoms with Gasteiger partial charge in [0.2, 0.25) is 6.08 Å². The Balaban J connectivity index is 0.000000759. The molecule has 0 aliphatic heterocycles. The van der Waals surface area contributed by atoms with Gasteiger partial charge in [-0.25, -0.2) is 9.59 Å². The van der Waals surface area contributed by atoms with Crippen molar-refractivity contribution in [2.75, 3.05) is 0 Å². The van der Waals surface area contributed by atoms with Gasteiger partial charge in [0, 0.05) is 12.6 Å². The molecule has 0 radical (unpaired) electrons. The van der Waals surface area contributed by atoms with E-state index in [1.54, 1.807) is 30.5 Å². The zero-order valence-corrected chi connectivity index (χ0v) is 19.1. The van der Waals surface area contributed by atoms with Crippen molar-refractivity contribution in [1.82, 2.24) is 4.98 Å². The quantitative estimate of drug-likeness (QED) is 0.185. The van der Waals surface area contributed by atoms with Gasteiger partial charge in [0.1, 0.15) is 18.4 Å². The first-order valence-corrected chi connectivity index (χ1v) is 10.3. The van der Waals surface area contributed by atoms with Crippen LogP contribution >= 0.6 is 0 Å². The molecule has 11 nitrogen and oxygen atoms in total. The Labute approximate surface area is 198 Å². The number of aliphatic imine (C=N–C) groups is 1. The molecule has 1 aromatic heterocycles. The molecule has 0 fully saturated rings. The molecule has 2 atom stereocenters. The molecule has 0 amide bonds. The Morgan fingerprint density at radius 3 is 2.15 bits per heavy atom. The number of aromatic nitrogens is 1. The number of benzene rings is 1. The average molecular weight is 475 g/mol. The van der Waals surface area contributed by atoms with Gasteiger partial charge in [0.25, 0.3) is 0 Å². The largest absolute Gasteiger partial charge is 0.487 e. The first kappa shape index (κ1) is 30.4. The number of rotatable bonds is 10. The standard InChI is InChI=1S/C16H14N2O4.C6H13NO2.BH3O2/c19-11-18-15(16(20)21)9-12-4-6-14(7-5-12)22-10-13-3-1-2-8-17-13;1-4(2)3-5(7)6(8)9;2-1-3/h1-8,15H,9-10H2,(H,20,21);4-5H,3,7H2,1-2H3,(H,8,9);1-3H. The number of pyridine rings is 1. The van der Waals surface area contributed by atoms with E-state index in [0.29, 0.717) is 24.7 Å². The van der Waals surface area contributed by atoms with Crippen LogP contribution in [0.4, 0.5) is 0 Å².